The first-order valence-corrected chi connectivity index (χ1v) is 6.02. The fourth-order valence-corrected chi connectivity index (χ4v) is 2.15. The van der Waals surface area contributed by atoms with Gasteiger partial charge in [0.25, 0.3) is 0 Å². The van der Waals surface area contributed by atoms with Gasteiger partial charge in [0.2, 0.25) is 0 Å². The van der Waals surface area contributed by atoms with Gasteiger partial charge in [-0.1, -0.05) is 20.8 Å². The van der Waals surface area contributed by atoms with Crippen LogP contribution in [0.3, 0.4) is 0 Å². The number of rotatable bonds is 5. The summed E-state index contributed by atoms with van der Waals surface area (Å²) in [5.74, 6) is 0.794. The molecular weight excluding hydrogens is 172 g/mol. The molecule has 0 spiro atoms. The van der Waals surface area contributed by atoms with Gasteiger partial charge in [0.15, 0.2) is 0 Å². The van der Waals surface area contributed by atoms with Crippen molar-refractivity contribution >= 4 is 0 Å². The van der Waals surface area contributed by atoms with Gasteiger partial charge in [-0.15, -0.1) is 0 Å². The Morgan fingerprint density at radius 3 is 2.14 bits per heavy atom. The highest BCUT2D eigenvalue weighted by Crippen LogP contribution is 2.18. The van der Waals surface area contributed by atoms with Crippen LogP contribution < -0.4 is 0 Å². The summed E-state index contributed by atoms with van der Waals surface area (Å²) in [6.07, 6.45) is 0. The van der Waals surface area contributed by atoms with E-state index >= 15 is 0 Å². The van der Waals surface area contributed by atoms with Gasteiger partial charge in [0, 0.05) is 31.7 Å². The molecule has 0 aromatic rings. The zero-order valence-electron chi connectivity index (χ0n) is 10.5. The van der Waals surface area contributed by atoms with Gasteiger partial charge in [0.05, 0.1) is 0 Å². The van der Waals surface area contributed by atoms with Crippen molar-refractivity contribution in [2.24, 2.45) is 5.92 Å². The van der Waals surface area contributed by atoms with Crippen LogP contribution in [0.25, 0.3) is 0 Å². The number of likely N-dealkylation sites (tertiary alicyclic amines) is 1. The summed E-state index contributed by atoms with van der Waals surface area (Å²) in [4.78, 5) is 5.18. The summed E-state index contributed by atoms with van der Waals surface area (Å²) < 4.78 is 0. The van der Waals surface area contributed by atoms with E-state index in [1.54, 1.807) is 0 Å². The number of nitrogens with zero attached hydrogens (tertiary/aromatic N) is 2. The molecule has 0 radical (unpaired) electrons. The van der Waals surface area contributed by atoms with E-state index in [1.807, 2.05) is 0 Å². The first kappa shape index (κ1) is 12.0. The molecule has 0 atom stereocenters. The lowest BCUT2D eigenvalue weighted by Gasteiger charge is -2.47. The Morgan fingerprint density at radius 2 is 1.79 bits per heavy atom. The quantitative estimate of drug-likeness (QED) is 0.667. The lowest BCUT2D eigenvalue weighted by molar-refractivity contribution is 0.0113. The largest absolute Gasteiger partial charge is 0.298 e. The van der Waals surface area contributed by atoms with Crippen LogP contribution in [0, 0.1) is 5.92 Å². The first-order valence-electron chi connectivity index (χ1n) is 6.02. The minimum absolute atomic E-state index is 0.726. The maximum Gasteiger partial charge on any atom is 0.0350 e. The summed E-state index contributed by atoms with van der Waals surface area (Å²) in [5.41, 5.74) is 0. The van der Waals surface area contributed by atoms with Crippen molar-refractivity contribution in [2.75, 3.05) is 26.2 Å². The van der Waals surface area contributed by atoms with Crippen molar-refractivity contribution in [3.8, 4) is 0 Å². The molecule has 1 heterocycles. The molecule has 1 fully saturated rings. The molecule has 0 unspecified atom stereocenters. The molecule has 84 valence electrons. The van der Waals surface area contributed by atoms with Crippen LogP contribution in [0.1, 0.15) is 34.6 Å². The molecule has 0 aromatic heterocycles. The third-order valence-corrected chi connectivity index (χ3v) is 3.14. The van der Waals surface area contributed by atoms with Gasteiger partial charge in [-0.25, -0.2) is 0 Å². The van der Waals surface area contributed by atoms with Crippen molar-refractivity contribution in [1.29, 1.82) is 0 Å². The number of likely N-dealkylation sites (N-methyl/N-ethyl adjacent to an activating group) is 1. The normalized spacial score (nSPS) is 19.7. The zero-order valence-corrected chi connectivity index (χ0v) is 10.5. The van der Waals surface area contributed by atoms with E-state index in [0.717, 1.165) is 18.0 Å². The SMILES string of the molecule is CCN(CC(C)C)C1CN(C(C)C)C1. The lowest BCUT2D eigenvalue weighted by atomic mass is 10.0. The van der Waals surface area contributed by atoms with Gasteiger partial charge >= 0.3 is 0 Å². The Morgan fingerprint density at radius 1 is 1.21 bits per heavy atom. The number of hydrogen-bond donors (Lipinski definition) is 0. The molecule has 1 saturated heterocycles. The van der Waals surface area contributed by atoms with Crippen molar-refractivity contribution < 1.29 is 0 Å². The lowest BCUT2D eigenvalue weighted by Crippen LogP contribution is -2.61. The van der Waals surface area contributed by atoms with E-state index in [4.69, 9.17) is 0 Å². The van der Waals surface area contributed by atoms with Gasteiger partial charge in [-0.3, -0.25) is 9.80 Å². The molecule has 1 aliphatic rings. The summed E-state index contributed by atoms with van der Waals surface area (Å²) in [5, 5.41) is 0. The fraction of sp³-hybridized carbons (Fsp3) is 1.00. The van der Waals surface area contributed by atoms with Crippen LogP contribution in [0.5, 0.6) is 0 Å². The highest BCUT2D eigenvalue weighted by Gasteiger charge is 2.32. The second-order valence-electron chi connectivity index (χ2n) is 5.18. The van der Waals surface area contributed by atoms with Gasteiger partial charge in [-0.2, -0.15) is 0 Å². The number of hydrogen-bond acceptors (Lipinski definition) is 2. The average molecular weight is 198 g/mol. The van der Waals surface area contributed by atoms with E-state index < -0.39 is 0 Å². The van der Waals surface area contributed by atoms with Crippen LogP contribution in [0.15, 0.2) is 0 Å². The maximum absolute atomic E-state index is 2.63. The Labute approximate surface area is 89.3 Å². The first-order chi connectivity index (χ1) is 6.54. The molecule has 2 heteroatoms. The maximum atomic E-state index is 2.63. The monoisotopic (exact) mass is 198 g/mol. The molecule has 0 bridgehead atoms. The molecule has 14 heavy (non-hydrogen) atoms. The minimum Gasteiger partial charge on any atom is -0.298 e. The average Bonchev–Trinajstić information content (AvgIpc) is 1.98. The molecule has 0 amide bonds. The van der Waals surface area contributed by atoms with E-state index in [2.05, 4.69) is 44.4 Å². The van der Waals surface area contributed by atoms with E-state index in [9.17, 15) is 0 Å². The van der Waals surface area contributed by atoms with Crippen LogP contribution in [-0.4, -0.2) is 48.1 Å². The molecule has 0 aliphatic carbocycles. The highest BCUT2D eigenvalue weighted by atomic mass is 15.3. The second kappa shape index (κ2) is 5.13. The molecule has 1 rings (SSSR count). The fourth-order valence-electron chi connectivity index (χ4n) is 2.15. The molecule has 1 aliphatic heterocycles. The summed E-state index contributed by atoms with van der Waals surface area (Å²) in [6, 6.07) is 1.55. The predicted octanol–water partition coefficient (Wildman–Crippen LogP) is 2.06. The van der Waals surface area contributed by atoms with Crippen molar-refractivity contribution in [1.82, 2.24) is 9.80 Å². The molecule has 0 N–H and O–H groups in total. The molecule has 2 nitrogen and oxygen atoms in total. The van der Waals surface area contributed by atoms with E-state index in [0.29, 0.717) is 0 Å². The summed E-state index contributed by atoms with van der Waals surface area (Å²) in [7, 11) is 0. The zero-order chi connectivity index (χ0) is 10.7. The standard InChI is InChI=1S/C12H26N2/c1-6-13(7-10(2)3)12-8-14(9-12)11(4)5/h10-12H,6-9H2,1-5H3. The summed E-state index contributed by atoms with van der Waals surface area (Å²) in [6.45, 7) is 16.5. The van der Waals surface area contributed by atoms with Gasteiger partial charge in [-0.05, 0) is 26.3 Å². The van der Waals surface area contributed by atoms with Crippen molar-refractivity contribution in [3.63, 3.8) is 0 Å². The van der Waals surface area contributed by atoms with Crippen LogP contribution in [0.4, 0.5) is 0 Å². The Balaban J connectivity index is 2.28. The second-order valence-corrected chi connectivity index (χ2v) is 5.18. The Bertz CT molecular complexity index is 160. The Kier molecular flexibility index (Phi) is 4.39. The smallest absolute Gasteiger partial charge is 0.0350 e. The van der Waals surface area contributed by atoms with Crippen molar-refractivity contribution in [3.05, 3.63) is 0 Å². The molecular formula is C12H26N2. The van der Waals surface area contributed by atoms with E-state index in [-0.39, 0.29) is 0 Å². The molecule has 0 aromatic carbocycles. The van der Waals surface area contributed by atoms with Crippen LogP contribution in [0.2, 0.25) is 0 Å². The highest BCUT2D eigenvalue weighted by molar-refractivity contribution is 4.89. The van der Waals surface area contributed by atoms with Crippen LogP contribution >= 0.6 is 0 Å². The topological polar surface area (TPSA) is 6.48 Å². The van der Waals surface area contributed by atoms with Crippen molar-refractivity contribution in [2.45, 2.75) is 46.7 Å². The predicted molar refractivity (Wildman–Crippen MR) is 62.6 cm³/mol. The molecule has 0 saturated carbocycles. The van der Waals surface area contributed by atoms with Crippen LogP contribution in [-0.2, 0) is 0 Å². The Hall–Kier alpha value is -0.0800. The van der Waals surface area contributed by atoms with Gasteiger partial charge in [0.1, 0.15) is 0 Å². The third kappa shape index (κ3) is 2.96. The van der Waals surface area contributed by atoms with Gasteiger partial charge < -0.3 is 0 Å². The third-order valence-electron chi connectivity index (χ3n) is 3.14. The summed E-state index contributed by atoms with van der Waals surface area (Å²) >= 11 is 0. The van der Waals surface area contributed by atoms with E-state index in [1.165, 1.54) is 26.2 Å². The minimum atomic E-state index is 0.726.